The van der Waals surface area contributed by atoms with Crippen molar-refractivity contribution in [3.05, 3.63) is 36.7 Å². The monoisotopic (exact) mass is 232 g/mol. The summed E-state index contributed by atoms with van der Waals surface area (Å²) >= 11 is 0. The van der Waals surface area contributed by atoms with Gasteiger partial charge in [0.2, 0.25) is 0 Å². The molecule has 1 N–H and O–H groups in total. The predicted octanol–water partition coefficient (Wildman–Crippen LogP) is 2.83. The Hall–Kier alpha value is -1.58. The molecule has 4 heteroatoms. The van der Waals surface area contributed by atoms with Crippen molar-refractivity contribution >= 4 is 0 Å². The van der Waals surface area contributed by atoms with Gasteiger partial charge in [-0.1, -0.05) is 20.3 Å². The van der Waals surface area contributed by atoms with E-state index in [2.05, 4.69) is 28.9 Å². The number of hydrogen-bond donors (Lipinski definition) is 1. The quantitative estimate of drug-likeness (QED) is 0.832. The highest BCUT2D eigenvalue weighted by molar-refractivity contribution is 4.97. The number of nitrogens with zero attached hydrogens (tertiary/aromatic N) is 3. The van der Waals surface area contributed by atoms with E-state index in [0.29, 0.717) is 5.92 Å². The Labute approximate surface area is 102 Å². The lowest BCUT2D eigenvalue weighted by Crippen LogP contribution is -2.12. The Morgan fingerprint density at radius 2 is 2.18 bits per heavy atom. The topological polar surface area (TPSA) is 46.5 Å². The van der Waals surface area contributed by atoms with Crippen molar-refractivity contribution in [3.8, 4) is 0 Å². The Kier molecular flexibility index (Phi) is 3.96. The van der Waals surface area contributed by atoms with Gasteiger partial charge < -0.3 is 4.98 Å². The molecule has 0 fully saturated rings. The molecule has 2 rings (SSSR count). The average molecular weight is 232 g/mol. The van der Waals surface area contributed by atoms with Crippen LogP contribution < -0.4 is 0 Å². The third-order valence-corrected chi connectivity index (χ3v) is 2.97. The zero-order valence-corrected chi connectivity index (χ0v) is 10.5. The molecule has 0 bridgehead atoms. The van der Waals surface area contributed by atoms with E-state index in [0.717, 1.165) is 24.7 Å². The van der Waals surface area contributed by atoms with Crippen LogP contribution in [0.4, 0.5) is 0 Å². The fourth-order valence-electron chi connectivity index (χ4n) is 1.98. The molecule has 0 saturated heterocycles. The molecule has 92 valence electrons. The van der Waals surface area contributed by atoms with E-state index in [4.69, 9.17) is 0 Å². The van der Waals surface area contributed by atoms with E-state index in [1.807, 2.05) is 35.5 Å². The highest BCUT2D eigenvalue weighted by Gasteiger charge is 2.15. The predicted molar refractivity (Wildman–Crippen MR) is 67.6 cm³/mol. The molecule has 1 unspecified atom stereocenters. The molecule has 2 aromatic rings. The van der Waals surface area contributed by atoms with Gasteiger partial charge in [0.25, 0.3) is 0 Å². The van der Waals surface area contributed by atoms with Crippen molar-refractivity contribution < 1.29 is 0 Å². The van der Waals surface area contributed by atoms with Crippen LogP contribution >= 0.6 is 0 Å². The van der Waals surface area contributed by atoms with Gasteiger partial charge in [-0.3, -0.25) is 4.68 Å². The van der Waals surface area contributed by atoms with Gasteiger partial charge in [0.1, 0.15) is 5.82 Å². The SMILES string of the molecule is CC(C)CCC(Cn1cccn1)c1ncc[nH]1. The van der Waals surface area contributed by atoms with E-state index in [1.54, 1.807) is 0 Å². The number of aromatic nitrogens is 4. The molecule has 0 aliphatic rings. The molecule has 0 aromatic carbocycles. The minimum atomic E-state index is 0.423. The second-order valence-corrected chi connectivity index (χ2v) is 4.87. The summed E-state index contributed by atoms with van der Waals surface area (Å²) in [5.41, 5.74) is 0. The van der Waals surface area contributed by atoms with Crippen molar-refractivity contribution in [1.29, 1.82) is 0 Å². The molecular weight excluding hydrogens is 212 g/mol. The smallest absolute Gasteiger partial charge is 0.110 e. The fourth-order valence-corrected chi connectivity index (χ4v) is 1.98. The molecule has 4 nitrogen and oxygen atoms in total. The first kappa shape index (κ1) is 11.9. The highest BCUT2D eigenvalue weighted by Crippen LogP contribution is 2.22. The Balaban J connectivity index is 2.02. The molecular formula is C13H20N4. The summed E-state index contributed by atoms with van der Waals surface area (Å²) < 4.78 is 1.98. The summed E-state index contributed by atoms with van der Waals surface area (Å²) in [5.74, 6) is 2.22. The molecule has 0 radical (unpaired) electrons. The molecule has 17 heavy (non-hydrogen) atoms. The van der Waals surface area contributed by atoms with Gasteiger partial charge >= 0.3 is 0 Å². The molecule has 0 spiro atoms. The van der Waals surface area contributed by atoms with Crippen LogP contribution in [0, 0.1) is 5.92 Å². The minimum Gasteiger partial charge on any atom is -0.348 e. The molecule has 1 atom stereocenters. The van der Waals surface area contributed by atoms with Crippen LogP contribution in [0.1, 0.15) is 38.4 Å². The number of aromatic amines is 1. The van der Waals surface area contributed by atoms with Crippen LogP contribution in [0.3, 0.4) is 0 Å². The highest BCUT2D eigenvalue weighted by atomic mass is 15.3. The van der Waals surface area contributed by atoms with Gasteiger partial charge in [-0.15, -0.1) is 0 Å². The number of hydrogen-bond acceptors (Lipinski definition) is 2. The first-order chi connectivity index (χ1) is 8.25. The summed E-state index contributed by atoms with van der Waals surface area (Å²) in [6.07, 6.45) is 9.90. The van der Waals surface area contributed by atoms with Gasteiger partial charge in [0.15, 0.2) is 0 Å². The summed E-state index contributed by atoms with van der Waals surface area (Å²) in [7, 11) is 0. The summed E-state index contributed by atoms with van der Waals surface area (Å²) in [5, 5.41) is 4.27. The van der Waals surface area contributed by atoms with Crippen LogP contribution in [-0.2, 0) is 6.54 Å². The fraction of sp³-hybridized carbons (Fsp3) is 0.538. The van der Waals surface area contributed by atoms with E-state index in [-0.39, 0.29) is 0 Å². The van der Waals surface area contributed by atoms with Crippen molar-refractivity contribution in [2.75, 3.05) is 0 Å². The first-order valence-electron chi connectivity index (χ1n) is 6.22. The zero-order chi connectivity index (χ0) is 12.1. The van der Waals surface area contributed by atoms with E-state index in [1.165, 1.54) is 6.42 Å². The Bertz CT molecular complexity index is 403. The lowest BCUT2D eigenvalue weighted by atomic mass is 9.97. The normalized spacial score (nSPS) is 13.1. The summed E-state index contributed by atoms with van der Waals surface area (Å²) in [6.45, 7) is 5.41. The van der Waals surface area contributed by atoms with Crippen LogP contribution in [0.2, 0.25) is 0 Å². The lowest BCUT2D eigenvalue weighted by Gasteiger charge is -2.16. The average Bonchev–Trinajstić information content (AvgIpc) is 2.96. The third-order valence-electron chi connectivity index (χ3n) is 2.97. The standard InChI is InChI=1S/C13H20N4/c1-11(2)4-5-12(13-14-7-8-15-13)10-17-9-3-6-16-17/h3,6-9,11-12H,4-5,10H2,1-2H3,(H,14,15). The van der Waals surface area contributed by atoms with Gasteiger partial charge in [-0.25, -0.2) is 4.98 Å². The van der Waals surface area contributed by atoms with Gasteiger partial charge in [-0.05, 0) is 18.4 Å². The van der Waals surface area contributed by atoms with Gasteiger partial charge in [-0.2, -0.15) is 5.10 Å². The Morgan fingerprint density at radius 1 is 1.29 bits per heavy atom. The molecule has 0 amide bonds. The van der Waals surface area contributed by atoms with E-state index in [9.17, 15) is 0 Å². The van der Waals surface area contributed by atoms with Crippen molar-refractivity contribution in [3.63, 3.8) is 0 Å². The summed E-state index contributed by atoms with van der Waals surface area (Å²) in [4.78, 5) is 7.60. The molecule has 0 aliphatic carbocycles. The molecule has 0 aliphatic heterocycles. The van der Waals surface area contributed by atoms with Crippen LogP contribution in [0.15, 0.2) is 30.9 Å². The second kappa shape index (κ2) is 5.66. The number of H-pyrrole nitrogens is 1. The van der Waals surface area contributed by atoms with Crippen LogP contribution in [-0.4, -0.2) is 19.7 Å². The first-order valence-corrected chi connectivity index (χ1v) is 6.22. The van der Waals surface area contributed by atoms with Crippen LogP contribution in [0.5, 0.6) is 0 Å². The number of imidazole rings is 1. The van der Waals surface area contributed by atoms with E-state index < -0.39 is 0 Å². The van der Waals surface area contributed by atoms with Crippen molar-refractivity contribution in [2.45, 2.75) is 39.2 Å². The van der Waals surface area contributed by atoms with Crippen molar-refractivity contribution in [2.24, 2.45) is 5.92 Å². The van der Waals surface area contributed by atoms with E-state index >= 15 is 0 Å². The Morgan fingerprint density at radius 3 is 2.76 bits per heavy atom. The summed E-state index contributed by atoms with van der Waals surface area (Å²) in [6, 6.07) is 1.96. The molecule has 2 heterocycles. The second-order valence-electron chi connectivity index (χ2n) is 4.87. The minimum absolute atomic E-state index is 0.423. The third kappa shape index (κ3) is 3.44. The number of rotatable bonds is 6. The van der Waals surface area contributed by atoms with Gasteiger partial charge in [0.05, 0.1) is 6.54 Å². The molecule has 2 aromatic heterocycles. The lowest BCUT2D eigenvalue weighted by molar-refractivity contribution is 0.428. The number of nitrogens with one attached hydrogen (secondary N) is 1. The van der Waals surface area contributed by atoms with Crippen LogP contribution in [0.25, 0.3) is 0 Å². The maximum Gasteiger partial charge on any atom is 0.110 e. The zero-order valence-electron chi connectivity index (χ0n) is 10.5. The maximum atomic E-state index is 4.38. The van der Waals surface area contributed by atoms with Crippen molar-refractivity contribution in [1.82, 2.24) is 19.7 Å². The van der Waals surface area contributed by atoms with Gasteiger partial charge in [0, 0.05) is 30.7 Å². The largest absolute Gasteiger partial charge is 0.348 e. The maximum absolute atomic E-state index is 4.38. The molecule has 0 saturated carbocycles.